The van der Waals surface area contributed by atoms with Gasteiger partial charge in [0, 0.05) is 6.42 Å². The molecule has 0 aromatic rings. The van der Waals surface area contributed by atoms with Crippen molar-refractivity contribution in [1.82, 2.24) is 0 Å². The maximum Gasteiger partial charge on any atom is 0.0973 e. The van der Waals surface area contributed by atoms with Gasteiger partial charge in [-0.05, 0) is 26.2 Å². The molecule has 0 heterocycles. The summed E-state index contributed by atoms with van der Waals surface area (Å²) < 4.78 is 12.2. The number of hydrogen-bond acceptors (Lipinski definition) is 0. The Kier molecular flexibility index (Phi) is 7.24. The number of alkyl halides is 1. The number of hydrogen-bond donors (Lipinski definition) is 0. The van der Waals surface area contributed by atoms with E-state index in [9.17, 15) is 4.39 Å². The maximum absolute atomic E-state index is 12.2. The van der Waals surface area contributed by atoms with E-state index in [4.69, 9.17) is 6.42 Å². The number of rotatable bonds is 6. The summed E-state index contributed by atoms with van der Waals surface area (Å²) in [6, 6.07) is 0. The van der Waals surface area contributed by atoms with Crippen LogP contribution < -0.4 is 0 Å². The summed E-state index contributed by atoms with van der Waals surface area (Å²) >= 11 is 0. The first-order valence-electron chi connectivity index (χ1n) is 4.31. The first-order valence-corrected chi connectivity index (χ1v) is 4.31. The summed E-state index contributed by atoms with van der Waals surface area (Å²) in [4.78, 5) is 0. The van der Waals surface area contributed by atoms with Gasteiger partial charge in [-0.2, -0.15) is 0 Å². The van der Waals surface area contributed by atoms with Gasteiger partial charge in [0.05, 0.1) is 6.17 Å². The molecular formula is C10H16F. The Balaban J connectivity index is 2.86. The van der Waals surface area contributed by atoms with E-state index in [1.54, 1.807) is 6.92 Å². The zero-order valence-corrected chi connectivity index (χ0v) is 7.20. The lowest BCUT2D eigenvalue weighted by atomic mass is 10.1. The molecule has 11 heavy (non-hydrogen) atoms. The van der Waals surface area contributed by atoms with Crippen molar-refractivity contribution in [2.45, 2.75) is 51.6 Å². The molecule has 0 aromatic carbocycles. The maximum atomic E-state index is 12.2. The van der Waals surface area contributed by atoms with Crippen molar-refractivity contribution >= 4 is 0 Å². The summed E-state index contributed by atoms with van der Waals surface area (Å²) in [5.74, 6) is 2.34. The third-order valence-electron chi connectivity index (χ3n) is 1.65. The van der Waals surface area contributed by atoms with Crippen LogP contribution in [0.5, 0.6) is 0 Å². The van der Waals surface area contributed by atoms with Crippen molar-refractivity contribution in [1.29, 1.82) is 0 Å². The van der Waals surface area contributed by atoms with Crippen molar-refractivity contribution in [3.8, 4) is 5.92 Å². The van der Waals surface area contributed by atoms with Crippen LogP contribution in [0, 0.1) is 12.3 Å². The van der Waals surface area contributed by atoms with Crippen LogP contribution in [0.2, 0.25) is 0 Å². The van der Waals surface area contributed by atoms with Crippen molar-refractivity contribution < 1.29 is 4.39 Å². The Morgan fingerprint density at radius 3 is 2.45 bits per heavy atom. The molecular weight excluding hydrogens is 139 g/mol. The van der Waals surface area contributed by atoms with Crippen molar-refractivity contribution in [3.63, 3.8) is 0 Å². The highest BCUT2D eigenvalue weighted by atomic mass is 19.1. The molecule has 0 saturated heterocycles. The Hall–Kier alpha value is -0.510. The Bertz CT molecular complexity index is 111. The van der Waals surface area contributed by atoms with E-state index in [0.29, 0.717) is 6.42 Å². The van der Waals surface area contributed by atoms with Gasteiger partial charge in [0.15, 0.2) is 0 Å². The quantitative estimate of drug-likeness (QED) is 0.408. The van der Waals surface area contributed by atoms with E-state index in [0.717, 1.165) is 32.1 Å². The van der Waals surface area contributed by atoms with Crippen LogP contribution in [-0.4, -0.2) is 6.17 Å². The lowest BCUT2D eigenvalue weighted by Gasteiger charge is -2.00. The predicted octanol–water partition coefficient (Wildman–Crippen LogP) is 3.27. The van der Waals surface area contributed by atoms with Gasteiger partial charge in [-0.1, -0.05) is 25.2 Å². The first-order chi connectivity index (χ1) is 5.27. The van der Waals surface area contributed by atoms with Gasteiger partial charge in [-0.3, -0.25) is 0 Å². The van der Waals surface area contributed by atoms with E-state index in [-0.39, 0.29) is 0 Å². The van der Waals surface area contributed by atoms with E-state index in [1.807, 2.05) is 0 Å². The van der Waals surface area contributed by atoms with Gasteiger partial charge >= 0.3 is 0 Å². The average molecular weight is 155 g/mol. The Morgan fingerprint density at radius 1 is 1.27 bits per heavy atom. The van der Waals surface area contributed by atoms with Crippen LogP contribution in [0.25, 0.3) is 0 Å². The van der Waals surface area contributed by atoms with Crippen molar-refractivity contribution in [3.05, 3.63) is 6.42 Å². The molecule has 0 spiro atoms. The van der Waals surface area contributed by atoms with E-state index in [2.05, 4.69) is 5.92 Å². The van der Waals surface area contributed by atoms with Crippen LogP contribution in [0.15, 0.2) is 0 Å². The molecule has 0 rings (SSSR count). The smallest absolute Gasteiger partial charge is 0.0973 e. The molecule has 1 heteroatoms. The van der Waals surface area contributed by atoms with Crippen molar-refractivity contribution in [2.75, 3.05) is 0 Å². The summed E-state index contributed by atoms with van der Waals surface area (Å²) in [5, 5.41) is 0. The second-order valence-corrected chi connectivity index (χ2v) is 2.91. The lowest BCUT2D eigenvalue weighted by Crippen LogP contribution is -1.91. The standard InChI is InChI=1S/C10H16F/c1-3-4-5-6-7-8-9-10(2)11/h10H,4-9H2,2H3. The van der Waals surface area contributed by atoms with Gasteiger partial charge in [-0.15, -0.1) is 0 Å². The van der Waals surface area contributed by atoms with Gasteiger partial charge < -0.3 is 0 Å². The molecule has 1 unspecified atom stereocenters. The summed E-state index contributed by atoms with van der Waals surface area (Å²) in [7, 11) is 0. The first kappa shape index (κ1) is 10.5. The third-order valence-corrected chi connectivity index (χ3v) is 1.65. The lowest BCUT2D eigenvalue weighted by molar-refractivity contribution is 0.330. The van der Waals surface area contributed by atoms with Gasteiger partial charge in [0.1, 0.15) is 0 Å². The molecule has 0 nitrogen and oxygen atoms in total. The minimum Gasteiger partial charge on any atom is -0.248 e. The molecule has 0 aliphatic heterocycles. The molecule has 1 radical (unpaired) electrons. The highest BCUT2D eigenvalue weighted by molar-refractivity contribution is 4.74. The zero-order chi connectivity index (χ0) is 8.53. The van der Waals surface area contributed by atoms with Gasteiger partial charge in [0.2, 0.25) is 0 Å². The largest absolute Gasteiger partial charge is 0.248 e. The highest BCUT2D eigenvalue weighted by Gasteiger charge is 1.96. The van der Waals surface area contributed by atoms with Crippen LogP contribution in [0.1, 0.15) is 45.4 Å². The van der Waals surface area contributed by atoms with E-state index >= 15 is 0 Å². The second-order valence-electron chi connectivity index (χ2n) is 2.91. The predicted molar refractivity (Wildman–Crippen MR) is 45.4 cm³/mol. The molecule has 0 bridgehead atoms. The van der Waals surface area contributed by atoms with Crippen LogP contribution >= 0.6 is 0 Å². The SMILES string of the molecule is [C]#CCCCCCCC(C)F. The normalized spacial score (nSPS) is 12.5. The fourth-order valence-electron chi connectivity index (χ4n) is 0.993. The van der Waals surface area contributed by atoms with E-state index < -0.39 is 6.17 Å². The topological polar surface area (TPSA) is 0 Å². The minimum atomic E-state index is -0.649. The third kappa shape index (κ3) is 9.49. The minimum absolute atomic E-state index is 0.649. The average Bonchev–Trinajstić information content (AvgIpc) is 1.96. The second kappa shape index (κ2) is 7.60. The Morgan fingerprint density at radius 2 is 1.91 bits per heavy atom. The summed E-state index contributed by atoms with van der Waals surface area (Å²) in [6.07, 6.45) is 11.7. The molecule has 0 N–H and O–H groups in total. The molecule has 0 aliphatic carbocycles. The molecule has 0 amide bonds. The molecule has 0 fully saturated rings. The van der Waals surface area contributed by atoms with Crippen LogP contribution in [0.3, 0.4) is 0 Å². The van der Waals surface area contributed by atoms with Crippen molar-refractivity contribution in [2.24, 2.45) is 0 Å². The molecule has 63 valence electrons. The molecule has 0 saturated carbocycles. The fraction of sp³-hybridized carbons (Fsp3) is 0.800. The van der Waals surface area contributed by atoms with E-state index in [1.165, 1.54) is 0 Å². The van der Waals surface area contributed by atoms with Gasteiger partial charge in [-0.25, -0.2) is 4.39 Å². The molecule has 0 aliphatic rings. The fourth-order valence-corrected chi connectivity index (χ4v) is 0.993. The van der Waals surface area contributed by atoms with Gasteiger partial charge in [0.25, 0.3) is 0 Å². The monoisotopic (exact) mass is 155 g/mol. The molecule has 0 aromatic heterocycles. The van der Waals surface area contributed by atoms with Crippen LogP contribution in [-0.2, 0) is 0 Å². The number of halogens is 1. The summed E-state index contributed by atoms with van der Waals surface area (Å²) in [6.45, 7) is 1.60. The van der Waals surface area contributed by atoms with Crippen LogP contribution in [0.4, 0.5) is 4.39 Å². The zero-order valence-electron chi connectivity index (χ0n) is 7.20. The molecule has 1 atom stereocenters. The Labute approximate surface area is 69.2 Å². The highest BCUT2D eigenvalue weighted by Crippen LogP contribution is 2.08. The summed E-state index contributed by atoms with van der Waals surface area (Å²) in [5.41, 5.74) is 0. The number of unbranched alkanes of at least 4 members (excludes halogenated alkanes) is 4.